The Hall–Kier alpha value is -1.66. The zero-order valence-electron chi connectivity index (χ0n) is 12.3. The van der Waals surface area contributed by atoms with Gasteiger partial charge in [0, 0.05) is 36.4 Å². The van der Waals surface area contributed by atoms with E-state index in [4.69, 9.17) is 10.5 Å². The second-order valence-corrected chi connectivity index (χ2v) is 5.24. The number of amides is 1. The summed E-state index contributed by atoms with van der Waals surface area (Å²) < 4.78 is 18.8. The van der Waals surface area contributed by atoms with Gasteiger partial charge in [0.1, 0.15) is 5.82 Å². The van der Waals surface area contributed by atoms with Crippen LogP contribution in [0.5, 0.6) is 0 Å². The molecule has 1 aromatic carbocycles. The summed E-state index contributed by atoms with van der Waals surface area (Å²) in [5.41, 5.74) is 6.61. The van der Waals surface area contributed by atoms with Gasteiger partial charge < -0.3 is 15.8 Å². The number of benzene rings is 1. The first-order chi connectivity index (χ1) is 10.1. The zero-order chi connectivity index (χ0) is 15.2. The topological polar surface area (TPSA) is 67.6 Å². The first-order valence-corrected chi connectivity index (χ1v) is 7.22. The molecular formula is C15H22FN3O2. The van der Waals surface area contributed by atoms with E-state index in [2.05, 4.69) is 10.2 Å². The Morgan fingerprint density at radius 1 is 1.43 bits per heavy atom. The number of carbonyl (C=O) groups excluding carboxylic acids is 1. The third kappa shape index (κ3) is 4.41. The number of anilines is 1. The van der Waals surface area contributed by atoms with Crippen molar-refractivity contribution in [2.75, 3.05) is 45.1 Å². The van der Waals surface area contributed by atoms with Gasteiger partial charge in [-0.05, 0) is 32.0 Å². The molecule has 0 spiro atoms. The number of carbonyl (C=O) groups is 1. The maximum Gasteiger partial charge on any atom is 0.251 e. The van der Waals surface area contributed by atoms with Gasteiger partial charge >= 0.3 is 0 Å². The highest BCUT2D eigenvalue weighted by atomic mass is 19.1. The van der Waals surface area contributed by atoms with Crippen LogP contribution in [0.25, 0.3) is 0 Å². The lowest BCUT2D eigenvalue weighted by molar-refractivity contribution is 0.0374. The number of nitrogen functional groups attached to an aromatic ring is 1. The number of hydrogen-bond acceptors (Lipinski definition) is 4. The molecule has 1 aliphatic heterocycles. The Morgan fingerprint density at radius 3 is 2.81 bits per heavy atom. The molecule has 5 nitrogen and oxygen atoms in total. The fraction of sp³-hybridized carbons (Fsp3) is 0.533. The van der Waals surface area contributed by atoms with Gasteiger partial charge in [-0.25, -0.2) is 4.39 Å². The molecule has 6 heteroatoms. The van der Waals surface area contributed by atoms with E-state index in [-0.39, 0.29) is 11.5 Å². The molecule has 0 bridgehead atoms. The average Bonchev–Trinajstić information content (AvgIpc) is 2.49. The van der Waals surface area contributed by atoms with Crippen LogP contribution in [0.15, 0.2) is 12.1 Å². The number of nitrogens with two attached hydrogens (primary N) is 1. The highest BCUT2D eigenvalue weighted by Crippen LogP contribution is 2.17. The van der Waals surface area contributed by atoms with E-state index in [1.807, 2.05) is 0 Å². The predicted octanol–water partition coefficient (Wildman–Crippen LogP) is 1.17. The molecular weight excluding hydrogens is 273 g/mol. The van der Waals surface area contributed by atoms with Crippen LogP contribution in [0.3, 0.4) is 0 Å². The van der Waals surface area contributed by atoms with Crippen LogP contribution in [0.4, 0.5) is 10.1 Å². The van der Waals surface area contributed by atoms with E-state index < -0.39 is 5.82 Å². The van der Waals surface area contributed by atoms with Gasteiger partial charge in [-0.2, -0.15) is 0 Å². The number of morpholine rings is 1. The lowest BCUT2D eigenvalue weighted by Crippen LogP contribution is -2.38. The van der Waals surface area contributed by atoms with Crippen molar-refractivity contribution in [3.8, 4) is 0 Å². The van der Waals surface area contributed by atoms with E-state index in [9.17, 15) is 9.18 Å². The van der Waals surface area contributed by atoms with Gasteiger partial charge in [0.05, 0.1) is 13.2 Å². The molecule has 0 aliphatic carbocycles. The Morgan fingerprint density at radius 2 is 2.14 bits per heavy atom. The third-order valence-corrected chi connectivity index (χ3v) is 3.69. The lowest BCUT2D eigenvalue weighted by Gasteiger charge is -2.26. The SMILES string of the molecule is Cc1c(N)cc(C(=O)NCCCN2CCOCC2)cc1F. The van der Waals surface area contributed by atoms with Crippen LogP contribution in [-0.2, 0) is 4.74 Å². The molecule has 1 fully saturated rings. The summed E-state index contributed by atoms with van der Waals surface area (Å²) >= 11 is 0. The summed E-state index contributed by atoms with van der Waals surface area (Å²) in [6, 6.07) is 2.73. The van der Waals surface area contributed by atoms with Crippen LogP contribution >= 0.6 is 0 Å². The molecule has 1 heterocycles. The Labute approximate surface area is 124 Å². The number of hydrogen-bond donors (Lipinski definition) is 2. The van der Waals surface area contributed by atoms with Crippen LogP contribution in [-0.4, -0.2) is 50.2 Å². The fourth-order valence-corrected chi connectivity index (χ4v) is 2.26. The highest BCUT2D eigenvalue weighted by molar-refractivity contribution is 5.95. The molecule has 1 aromatic rings. The summed E-state index contributed by atoms with van der Waals surface area (Å²) in [5.74, 6) is -0.740. The van der Waals surface area contributed by atoms with E-state index >= 15 is 0 Å². The van der Waals surface area contributed by atoms with E-state index in [0.717, 1.165) is 39.3 Å². The molecule has 21 heavy (non-hydrogen) atoms. The minimum Gasteiger partial charge on any atom is -0.398 e. The molecule has 2 rings (SSSR count). The van der Waals surface area contributed by atoms with Crippen LogP contribution < -0.4 is 11.1 Å². The second-order valence-electron chi connectivity index (χ2n) is 5.24. The number of halogens is 1. The van der Waals surface area contributed by atoms with E-state index in [1.165, 1.54) is 12.1 Å². The highest BCUT2D eigenvalue weighted by Gasteiger charge is 2.12. The van der Waals surface area contributed by atoms with Gasteiger partial charge in [-0.1, -0.05) is 0 Å². The van der Waals surface area contributed by atoms with Crippen LogP contribution in [0, 0.1) is 12.7 Å². The zero-order valence-corrected chi connectivity index (χ0v) is 12.3. The fourth-order valence-electron chi connectivity index (χ4n) is 2.26. The van der Waals surface area contributed by atoms with Crippen molar-refractivity contribution in [3.63, 3.8) is 0 Å². The Bertz CT molecular complexity index is 479. The normalized spacial score (nSPS) is 15.9. The number of ether oxygens (including phenoxy) is 1. The molecule has 1 aliphatic rings. The summed E-state index contributed by atoms with van der Waals surface area (Å²) in [6.07, 6.45) is 0.857. The third-order valence-electron chi connectivity index (χ3n) is 3.69. The van der Waals surface area contributed by atoms with E-state index in [1.54, 1.807) is 6.92 Å². The summed E-state index contributed by atoms with van der Waals surface area (Å²) in [5, 5.41) is 2.79. The minimum absolute atomic E-state index is 0.266. The van der Waals surface area contributed by atoms with Crippen molar-refractivity contribution < 1.29 is 13.9 Å². The average molecular weight is 295 g/mol. The van der Waals surface area contributed by atoms with Gasteiger partial charge in [0.25, 0.3) is 5.91 Å². The van der Waals surface area contributed by atoms with Crippen molar-refractivity contribution in [2.24, 2.45) is 0 Å². The van der Waals surface area contributed by atoms with Crippen LogP contribution in [0.1, 0.15) is 22.3 Å². The predicted molar refractivity (Wildman–Crippen MR) is 79.8 cm³/mol. The Kier molecular flexibility index (Phi) is 5.52. The smallest absolute Gasteiger partial charge is 0.251 e. The molecule has 116 valence electrons. The van der Waals surface area contributed by atoms with Gasteiger partial charge in [-0.15, -0.1) is 0 Å². The van der Waals surface area contributed by atoms with Gasteiger partial charge in [-0.3, -0.25) is 9.69 Å². The van der Waals surface area contributed by atoms with Gasteiger partial charge in [0.2, 0.25) is 0 Å². The summed E-state index contributed by atoms with van der Waals surface area (Å²) in [7, 11) is 0. The minimum atomic E-state index is -0.450. The first-order valence-electron chi connectivity index (χ1n) is 7.22. The lowest BCUT2D eigenvalue weighted by atomic mass is 10.1. The quantitative estimate of drug-likeness (QED) is 0.632. The molecule has 1 saturated heterocycles. The van der Waals surface area contributed by atoms with Crippen molar-refractivity contribution in [3.05, 3.63) is 29.1 Å². The first kappa shape index (κ1) is 15.7. The molecule has 0 radical (unpaired) electrons. The van der Waals surface area contributed by atoms with Crippen molar-refractivity contribution in [1.82, 2.24) is 10.2 Å². The number of nitrogens with one attached hydrogen (secondary N) is 1. The van der Waals surface area contributed by atoms with E-state index in [0.29, 0.717) is 17.8 Å². The second kappa shape index (κ2) is 7.38. The maximum atomic E-state index is 13.6. The molecule has 1 amide bonds. The largest absolute Gasteiger partial charge is 0.398 e. The monoisotopic (exact) mass is 295 g/mol. The Balaban J connectivity index is 1.76. The van der Waals surface area contributed by atoms with Crippen molar-refractivity contribution in [2.45, 2.75) is 13.3 Å². The summed E-state index contributed by atoms with van der Waals surface area (Å²) in [4.78, 5) is 14.2. The molecule has 0 aromatic heterocycles. The molecule has 0 saturated carbocycles. The van der Waals surface area contributed by atoms with Crippen molar-refractivity contribution in [1.29, 1.82) is 0 Å². The number of rotatable bonds is 5. The van der Waals surface area contributed by atoms with Crippen molar-refractivity contribution >= 4 is 11.6 Å². The maximum absolute atomic E-state index is 13.6. The standard InChI is InChI=1S/C15H22FN3O2/c1-11-13(16)9-12(10-14(11)17)15(20)18-3-2-4-19-5-7-21-8-6-19/h9-10H,2-8,17H2,1H3,(H,18,20). The summed E-state index contributed by atoms with van der Waals surface area (Å²) in [6.45, 7) is 6.50. The van der Waals surface area contributed by atoms with Gasteiger partial charge in [0.15, 0.2) is 0 Å². The van der Waals surface area contributed by atoms with Crippen LogP contribution in [0.2, 0.25) is 0 Å². The number of nitrogens with zero attached hydrogens (tertiary/aromatic N) is 1. The molecule has 0 unspecified atom stereocenters. The molecule has 0 atom stereocenters. The molecule has 3 N–H and O–H groups in total.